The van der Waals surface area contributed by atoms with Gasteiger partial charge in [0.25, 0.3) is 0 Å². The zero-order chi connectivity index (χ0) is 36.3. The average molecular weight is 685 g/mol. The molecule has 3 fully saturated rings. The van der Waals surface area contributed by atoms with Crippen LogP contribution in [-0.2, 0) is 33.3 Å². The number of alkyl carbamates (subject to hydrolysis) is 1. The van der Waals surface area contributed by atoms with E-state index in [0.29, 0.717) is 44.8 Å². The number of nitrogens with one attached hydrogen (secondary N) is 1. The molecule has 0 aromatic heterocycles. The van der Waals surface area contributed by atoms with Crippen molar-refractivity contribution >= 4 is 17.8 Å². The minimum atomic E-state index is -1.14. The van der Waals surface area contributed by atoms with Gasteiger partial charge in [0.2, 0.25) is 0 Å². The molecule has 0 aromatic rings. The van der Waals surface area contributed by atoms with Crippen molar-refractivity contribution in [1.29, 1.82) is 0 Å². The Morgan fingerprint density at radius 3 is 2.33 bits per heavy atom. The Kier molecular flexibility index (Phi) is 13.9. The van der Waals surface area contributed by atoms with Crippen LogP contribution in [0.1, 0.15) is 81.1 Å². The number of carbonyl (C=O) groups excluding carboxylic acids is 3. The van der Waals surface area contributed by atoms with Crippen LogP contribution in [0.15, 0.2) is 0 Å². The van der Waals surface area contributed by atoms with Gasteiger partial charge in [0.05, 0.1) is 23.9 Å². The number of aliphatic hydroxyl groups excluding tert-OH is 1. The van der Waals surface area contributed by atoms with Crippen LogP contribution < -0.4 is 5.32 Å². The molecule has 13 nitrogen and oxygen atoms in total. The number of carbonyl (C=O) groups is 3. The smallest absolute Gasteiger partial charge is 0.408 e. The molecule has 0 spiro atoms. The zero-order valence-electron chi connectivity index (χ0n) is 31.6. The Morgan fingerprint density at radius 1 is 1.12 bits per heavy atom. The number of nitrogens with zero attached hydrogens (tertiary/aromatic N) is 3. The molecule has 3 heterocycles. The summed E-state index contributed by atoms with van der Waals surface area (Å²) >= 11 is 0. The van der Waals surface area contributed by atoms with E-state index < -0.39 is 65.7 Å². The number of hydrogen-bond donors (Lipinski definition) is 2. The van der Waals surface area contributed by atoms with Crippen molar-refractivity contribution in [2.45, 2.75) is 147 Å². The molecular formula is C35H64N4O9. The fourth-order valence-electron chi connectivity index (χ4n) is 7.56. The number of fused-ring (bicyclic) bond motifs is 1. The normalized spacial score (nSPS) is 41.1. The van der Waals surface area contributed by atoms with E-state index in [1.165, 1.54) is 6.92 Å². The Hall–Kier alpha value is -1.87. The molecule has 0 aliphatic carbocycles. The van der Waals surface area contributed by atoms with Crippen molar-refractivity contribution in [2.24, 2.45) is 11.8 Å². The van der Waals surface area contributed by atoms with Crippen molar-refractivity contribution in [3.05, 3.63) is 0 Å². The van der Waals surface area contributed by atoms with Gasteiger partial charge in [0, 0.05) is 37.7 Å². The van der Waals surface area contributed by atoms with Gasteiger partial charge in [-0.3, -0.25) is 9.59 Å². The fraction of sp³-hybridized carbons (Fsp3) is 0.914. The first-order valence-corrected chi connectivity index (χ1v) is 17.7. The van der Waals surface area contributed by atoms with Gasteiger partial charge in [-0.05, 0) is 102 Å². The van der Waals surface area contributed by atoms with Crippen molar-refractivity contribution in [2.75, 3.05) is 48.4 Å². The Bertz CT molecular complexity index is 1110. The zero-order valence-corrected chi connectivity index (χ0v) is 31.6. The highest BCUT2D eigenvalue weighted by Crippen LogP contribution is 2.37. The van der Waals surface area contributed by atoms with Gasteiger partial charge in [0.15, 0.2) is 17.7 Å². The van der Waals surface area contributed by atoms with Crippen LogP contribution in [0.5, 0.6) is 0 Å². The monoisotopic (exact) mass is 684 g/mol. The van der Waals surface area contributed by atoms with E-state index in [9.17, 15) is 19.5 Å². The summed E-state index contributed by atoms with van der Waals surface area (Å²) in [6.07, 6.45) is -2.31. The van der Waals surface area contributed by atoms with E-state index in [1.807, 2.05) is 53.9 Å². The lowest BCUT2D eigenvalue weighted by molar-refractivity contribution is -0.298. The molecule has 0 aromatic carbocycles. The quantitative estimate of drug-likeness (QED) is 0.287. The third-order valence-corrected chi connectivity index (χ3v) is 11.4. The SMILES string of the molecule is CC[C@H]1OC(=O)C(C)C(=O)[C@H](C)[C@@H](OC2OC(CN(C)C(C)C)CC(N(C)C)C2O)[C@](C)(OC)CCCN(C)[C@H](C)[C@H]2NC(=O)O[C@@]21C. The van der Waals surface area contributed by atoms with Crippen molar-refractivity contribution < 1.29 is 43.2 Å². The number of ether oxygens (including phenoxy) is 5. The summed E-state index contributed by atoms with van der Waals surface area (Å²) in [6, 6.07) is -0.581. The number of hydrogen-bond acceptors (Lipinski definition) is 12. The highest BCUT2D eigenvalue weighted by atomic mass is 16.7. The van der Waals surface area contributed by atoms with Gasteiger partial charge >= 0.3 is 12.1 Å². The van der Waals surface area contributed by atoms with Crippen LogP contribution in [0, 0.1) is 11.8 Å². The predicted molar refractivity (Wildman–Crippen MR) is 181 cm³/mol. The van der Waals surface area contributed by atoms with Gasteiger partial charge in [-0.15, -0.1) is 0 Å². The topological polar surface area (TPSA) is 139 Å². The lowest BCUT2D eigenvalue weighted by Gasteiger charge is -2.47. The number of aliphatic hydroxyl groups is 1. The summed E-state index contributed by atoms with van der Waals surface area (Å²) in [6.45, 7) is 16.3. The van der Waals surface area contributed by atoms with E-state index in [1.54, 1.807) is 21.0 Å². The second-order valence-corrected chi connectivity index (χ2v) is 15.3. The molecule has 3 aliphatic heterocycles. The first kappa shape index (κ1) is 40.6. The van der Waals surface area contributed by atoms with Crippen LogP contribution in [0.25, 0.3) is 0 Å². The first-order chi connectivity index (χ1) is 22.3. The highest BCUT2D eigenvalue weighted by Gasteiger charge is 2.56. The maximum atomic E-state index is 14.2. The molecule has 2 N–H and O–H groups in total. The van der Waals surface area contributed by atoms with Crippen LogP contribution in [0.4, 0.5) is 4.79 Å². The molecule has 1 amide bonds. The number of methoxy groups -OCH3 is 1. The minimum Gasteiger partial charge on any atom is -0.458 e. The first-order valence-electron chi connectivity index (χ1n) is 17.7. The second kappa shape index (κ2) is 16.4. The molecule has 0 bridgehead atoms. The molecule has 13 heteroatoms. The third kappa shape index (κ3) is 8.70. The number of ketones is 1. The lowest BCUT2D eigenvalue weighted by atomic mass is 9.80. The van der Waals surface area contributed by atoms with Crippen LogP contribution >= 0.6 is 0 Å². The number of cyclic esters (lactones) is 1. The van der Waals surface area contributed by atoms with Gasteiger partial charge in [-0.25, -0.2) is 4.79 Å². The van der Waals surface area contributed by atoms with Gasteiger partial charge in [-0.2, -0.15) is 0 Å². The lowest BCUT2D eigenvalue weighted by Crippen LogP contribution is -2.60. The standard InChI is InChI=1S/C35H64N4O9/c1-14-26-35(8)29(36-33(43)48-35)23(6)38(11)17-15-16-34(7,44-13)30(21(4)27(40)22(5)31(42)46-26)47-32-28(41)25(37(9)10)18-24(45-32)19-39(12)20(2)3/h20-26,28-30,32,41H,14-19H2,1-13H3,(H,36,43)/t21-,22?,23+,24?,25?,26+,28?,29+,30+,32?,34+,35+/m0/s1. The summed E-state index contributed by atoms with van der Waals surface area (Å²) < 4.78 is 31.2. The predicted octanol–water partition coefficient (Wildman–Crippen LogP) is 2.67. The molecule has 12 atom stereocenters. The third-order valence-electron chi connectivity index (χ3n) is 11.4. The van der Waals surface area contributed by atoms with Gasteiger partial charge in [-0.1, -0.05) is 13.8 Å². The summed E-state index contributed by atoms with van der Waals surface area (Å²) in [5, 5.41) is 14.5. The fourth-order valence-corrected chi connectivity index (χ4v) is 7.56. The molecule has 0 radical (unpaired) electrons. The van der Waals surface area contributed by atoms with Crippen molar-refractivity contribution in [3.8, 4) is 0 Å². The highest BCUT2D eigenvalue weighted by molar-refractivity contribution is 6.00. The largest absolute Gasteiger partial charge is 0.458 e. The maximum absolute atomic E-state index is 14.2. The molecule has 3 aliphatic rings. The summed E-state index contributed by atoms with van der Waals surface area (Å²) in [7, 11) is 9.46. The summed E-state index contributed by atoms with van der Waals surface area (Å²) in [5.74, 6) is -3.05. The number of Topliss-reactive ketones (excluding diaryl/α,β-unsaturated/α-hetero) is 1. The second-order valence-electron chi connectivity index (χ2n) is 15.3. The summed E-state index contributed by atoms with van der Waals surface area (Å²) in [5.41, 5.74) is -2.14. The Morgan fingerprint density at radius 2 is 1.77 bits per heavy atom. The molecule has 0 saturated carbocycles. The number of likely N-dealkylation sites (N-methyl/N-ethyl adjacent to an activating group) is 3. The van der Waals surface area contributed by atoms with Gasteiger partial charge < -0.3 is 48.8 Å². The number of rotatable bonds is 8. The molecule has 48 heavy (non-hydrogen) atoms. The number of amides is 1. The molecule has 5 unspecified atom stereocenters. The minimum absolute atomic E-state index is 0.173. The molecular weight excluding hydrogens is 620 g/mol. The molecule has 3 rings (SSSR count). The van der Waals surface area contributed by atoms with E-state index in [0.717, 1.165) is 0 Å². The van der Waals surface area contributed by atoms with Crippen molar-refractivity contribution in [1.82, 2.24) is 20.0 Å². The maximum Gasteiger partial charge on any atom is 0.408 e. The van der Waals surface area contributed by atoms with E-state index in [2.05, 4.69) is 29.0 Å². The van der Waals surface area contributed by atoms with Crippen LogP contribution in [-0.4, -0.2) is 152 Å². The molecule has 3 saturated heterocycles. The summed E-state index contributed by atoms with van der Waals surface area (Å²) in [4.78, 5) is 46.7. The van der Waals surface area contributed by atoms with E-state index in [4.69, 9.17) is 23.7 Å². The Balaban J connectivity index is 2.02. The van der Waals surface area contributed by atoms with E-state index in [-0.39, 0.29) is 24.0 Å². The average Bonchev–Trinajstić information content (AvgIpc) is 3.35. The van der Waals surface area contributed by atoms with Gasteiger partial charge in [0.1, 0.15) is 18.1 Å². The van der Waals surface area contributed by atoms with Crippen molar-refractivity contribution in [3.63, 3.8) is 0 Å². The molecule has 278 valence electrons. The van der Waals surface area contributed by atoms with Crippen LogP contribution in [0.2, 0.25) is 0 Å². The van der Waals surface area contributed by atoms with E-state index >= 15 is 0 Å². The van der Waals surface area contributed by atoms with Crippen LogP contribution in [0.3, 0.4) is 0 Å². The Labute approximate surface area is 288 Å². The number of esters is 1.